The van der Waals surface area contributed by atoms with Gasteiger partial charge in [0.1, 0.15) is 6.04 Å². The highest BCUT2D eigenvalue weighted by atomic mass is 32.2. The van der Waals surface area contributed by atoms with E-state index in [1.807, 2.05) is 0 Å². The number of nitrogens with one attached hydrogen (secondary N) is 1. The van der Waals surface area contributed by atoms with E-state index >= 15 is 0 Å². The number of carboxylic acid groups (broad SMARTS) is 1. The highest BCUT2D eigenvalue weighted by Crippen LogP contribution is 2.44. The van der Waals surface area contributed by atoms with Crippen LogP contribution in [0.15, 0.2) is 88.7 Å². The van der Waals surface area contributed by atoms with Crippen LogP contribution < -0.4 is 4.72 Å². The fourth-order valence-corrected chi connectivity index (χ4v) is 8.24. The lowest BCUT2D eigenvalue weighted by Crippen LogP contribution is -2.44. The van der Waals surface area contributed by atoms with Crippen molar-refractivity contribution in [2.75, 3.05) is 4.72 Å². The Morgan fingerprint density at radius 1 is 0.806 bits per heavy atom. The SMILES string of the molecule is O=C(O)C1CC2CCCC2N1S(=O)(=O)c1ccc(-c2ccc(NS(=O)(=O)c3ccccc3)cc2)cc1. The summed E-state index contributed by atoms with van der Waals surface area (Å²) in [6, 6.07) is 19.9. The highest BCUT2D eigenvalue weighted by molar-refractivity contribution is 7.92. The molecule has 2 aliphatic rings. The topological polar surface area (TPSA) is 121 Å². The van der Waals surface area contributed by atoms with Crippen molar-refractivity contribution in [2.24, 2.45) is 5.92 Å². The van der Waals surface area contributed by atoms with E-state index in [4.69, 9.17) is 0 Å². The van der Waals surface area contributed by atoms with Gasteiger partial charge in [-0.25, -0.2) is 16.8 Å². The summed E-state index contributed by atoms with van der Waals surface area (Å²) in [6.45, 7) is 0. The summed E-state index contributed by atoms with van der Waals surface area (Å²) in [4.78, 5) is 12.0. The van der Waals surface area contributed by atoms with Gasteiger partial charge in [0, 0.05) is 11.7 Å². The molecule has 1 saturated carbocycles. The van der Waals surface area contributed by atoms with Gasteiger partial charge in [0.05, 0.1) is 9.79 Å². The first kappa shape index (κ1) is 24.5. The zero-order chi connectivity index (χ0) is 25.5. The summed E-state index contributed by atoms with van der Waals surface area (Å²) in [5.74, 6) is -1.01. The van der Waals surface area contributed by atoms with Gasteiger partial charge < -0.3 is 5.11 Å². The van der Waals surface area contributed by atoms with Crippen LogP contribution in [-0.2, 0) is 24.8 Å². The largest absolute Gasteiger partial charge is 0.480 e. The van der Waals surface area contributed by atoms with Crippen LogP contribution in [0.2, 0.25) is 0 Å². The normalized spacial score (nSPS) is 22.3. The molecule has 3 atom stereocenters. The second-order valence-electron chi connectivity index (χ2n) is 9.20. The molecule has 3 unspecified atom stereocenters. The quantitative estimate of drug-likeness (QED) is 0.477. The van der Waals surface area contributed by atoms with Crippen LogP contribution in [0.25, 0.3) is 11.1 Å². The van der Waals surface area contributed by atoms with E-state index in [1.165, 1.54) is 28.6 Å². The standard InChI is InChI=1S/C26H26N2O6S2/c29-26(30)25-17-20-5-4-8-24(20)28(25)36(33,34)23-15-11-19(12-16-23)18-9-13-21(14-10-18)27-35(31,32)22-6-2-1-3-7-22/h1-3,6-7,9-16,20,24-25,27H,4-5,8,17H2,(H,29,30). The summed E-state index contributed by atoms with van der Waals surface area (Å²) in [5.41, 5.74) is 1.94. The number of rotatable bonds is 7. The maximum Gasteiger partial charge on any atom is 0.322 e. The first-order valence-electron chi connectivity index (χ1n) is 11.7. The Kier molecular flexibility index (Phi) is 6.36. The van der Waals surface area contributed by atoms with Gasteiger partial charge in [0.15, 0.2) is 0 Å². The fourth-order valence-electron chi connectivity index (χ4n) is 5.29. The number of sulfonamides is 2. The van der Waals surface area contributed by atoms with Gasteiger partial charge in [-0.1, -0.05) is 48.9 Å². The molecule has 0 amide bonds. The Balaban J connectivity index is 1.35. The van der Waals surface area contributed by atoms with Crippen LogP contribution in [-0.4, -0.2) is 44.3 Å². The van der Waals surface area contributed by atoms with Gasteiger partial charge in [-0.15, -0.1) is 0 Å². The van der Waals surface area contributed by atoms with E-state index in [0.29, 0.717) is 18.5 Å². The number of aliphatic carboxylic acids is 1. The minimum Gasteiger partial charge on any atom is -0.480 e. The highest BCUT2D eigenvalue weighted by Gasteiger charge is 2.52. The summed E-state index contributed by atoms with van der Waals surface area (Å²) in [5, 5.41) is 9.65. The van der Waals surface area contributed by atoms with E-state index in [9.17, 15) is 26.7 Å². The Morgan fingerprint density at radius 3 is 2.03 bits per heavy atom. The molecule has 188 valence electrons. The molecule has 0 spiro atoms. The van der Waals surface area contributed by atoms with Gasteiger partial charge in [-0.05, 0) is 72.7 Å². The third-order valence-corrected chi connectivity index (χ3v) is 10.4. The molecule has 0 aromatic heterocycles. The number of anilines is 1. The molecule has 2 fully saturated rings. The van der Waals surface area contributed by atoms with Crippen LogP contribution in [0.5, 0.6) is 0 Å². The molecule has 0 radical (unpaired) electrons. The van der Waals surface area contributed by atoms with E-state index in [1.54, 1.807) is 54.6 Å². The minimum atomic E-state index is -3.96. The average Bonchev–Trinajstić information content (AvgIpc) is 3.47. The third-order valence-electron chi connectivity index (χ3n) is 7.02. The molecule has 8 nitrogen and oxygen atoms in total. The van der Waals surface area contributed by atoms with Crippen molar-refractivity contribution in [3.05, 3.63) is 78.9 Å². The van der Waals surface area contributed by atoms with Crippen molar-refractivity contribution in [3.63, 3.8) is 0 Å². The molecule has 5 rings (SSSR count). The predicted molar refractivity (Wildman–Crippen MR) is 135 cm³/mol. The van der Waals surface area contributed by atoms with Crippen molar-refractivity contribution in [1.82, 2.24) is 4.31 Å². The fraction of sp³-hybridized carbons (Fsp3) is 0.269. The van der Waals surface area contributed by atoms with Crippen LogP contribution in [0.3, 0.4) is 0 Å². The molecule has 1 saturated heterocycles. The number of carboxylic acids is 1. The first-order chi connectivity index (χ1) is 17.2. The number of nitrogens with zero attached hydrogens (tertiary/aromatic N) is 1. The van der Waals surface area contributed by atoms with Crippen LogP contribution in [0.1, 0.15) is 25.7 Å². The number of hydrogen-bond acceptors (Lipinski definition) is 5. The predicted octanol–water partition coefficient (Wildman–Crippen LogP) is 4.17. The second kappa shape index (κ2) is 9.34. The second-order valence-corrected chi connectivity index (χ2v) is 12.7. The van der Waals surface area contributed by atoms with Crippen molar-refractivity contribution in [2.45, 2.75) is 47.6 Å². The minimum absolute atomic E-state index is 0.0669. The molecule has 1 aliphatic heterocycles. The van der Waals surface area contributed by atoms with Crippen molar-refractivity contribution < 1.29 is 26.7 Å². The zero-order valence-electron chi connectivity index (χ0n) is 19.3. The molecule has 1 aliphatic carbocycles. The van der Waals surface area contributed by atoms with E-state index < -0.39 is 32.1 Å². The summed E-state index contributed by atoms with van der Waals surface area (Å²) < 4.78 is 55.7. The maximum atomic E-state index is 13.4. The first-order valence-corrected chi connectivity index (χ1v) is 14.6. The number of benzene rings is 3. The summed E-state index contributed by atoms with van der Waals surface area (Å²) in [6.07, 6.45) is 2.81. The Bertz CT molecular complexity index is 1470. The molecular formula is C26H26N2O6S2. The summed E-state index contributed by atoms with van der Waals surface area (Å²) in [7, 11) is -7.66. The van der Waals surface area contributed by atoms with Crippen LogP contribution in [0, 0.1) is 5.92 Å². The molecule has 0 bridgehead atoms. The Hall–Kier alpha value is -3.21. The number of carbonyl (C=O) groups is 1. The molecule has 2 N–H and O–H groups in total. The van der Waals surface area contributed by atoms with Crippen molar-refractivity contribution in [1.29, 1.82) is 0 Å². The van der Waals surface area contributed by atoms with E-state index in [-0.39, 0.29) is 21.8 Å². The van der Waals surface area contributed by atoms with E-state index in [0.717, 1.165) is 24.0 Å². The van der Waals surface area contributed by atoms with Gasteiger partial charge in [-0.3, -0.25) is 9.52 Å². The third kappa shape index (κ3) is 4.52. The molecular weight excluding hydrogens is 500 g/mol. The smallest absolute Gasteiger partial charge is 0.322 e. The molecule has 36 heavy (non-hydrogen) atoms. The molecule has 3 aromatic rings. The molecule has 10 heteroatoms. The number of fused-ring (bicyclic) bond motifs is 1. The lowest BCUT2D eigenvalue weighted by molar-refractivity contribution is -0.141. The summed E-state index contributed by atoms with van der Waals surface area (Å²) >= 11 is 0. The monoisotopic (exact) mass is 526 g/mol. The molecule has 1 heterocycles. The van der Waals surface area contributed by atoms with E-state index in [2.05, 4.69) is 4.72 Å². The Labute approximate surface area is 210 Å². The molecule has 3 aromatic carbocycles. The average molecular weight is 527 g/mol. The van der Waals surface area contributed by atoms with Gasteiger partial charge in [-0.2, -0.15) is 4.31 Å². The maximum absolute atomic E-state index is 13.4. The van der Waals surface area contributed by atoms with Gasteiger partial charge >= 0.3 is 5.97 Å². The van der Waals surface area contributed by atoms with Crippen LogP contribution in [0.4, 0.5) is 5.69 Å². The van der Waals surface area contributed by atoms with Crippen molar-refractivity contribution in [3.8, 4) is 11.1 Å². The lowest BCUT2D eigenvalue weighted by atomic mass is 10.0. The van der Waals surface area contributed by atoms with Gasteiger partial charge in [0.25, 0.3) is 10.0 Å². The van der Waals surface area contributed by atoms with Gasteiger partial charge in [0.2, 0.25) is 10.0 Å². The number of hydrogen-bond donors (Lipinski definition) is 2. The van der Waals surface area contributed by atoms with Crippen molar-refractivity contribution >= 4 is 31.7 Å². The van der Waals surface area contributed by atoms with Crippen LogP contribution >= 0.6 is 0 Å². The zero-order valence-corrected chi connectivity index (χ0v) is 21.0. The lowest BCUT2D eigenvalue weighted by Gasteiger charge is -2.26. The Morgan fingerprint density at radius 2 is 1.42 bits per heavy atom.